The monoisotopic (exact) mass is 456 g/mol. The average molecular weight is 456 g/mol. The second kappa shape index (κ2) is 9.88. The van der Waals surface area contributed by atoms with E-state index in [4.69, 9.17) is 0 Å². The van der Waals surface area contributed by atoms with Crippen molar-refractivity contribution >= 4 is 47.0 Å². The molecule has 0 spiro atoms. The van der Waals surface area contributed by atoms with Gasteiger partial charge in [-0.2, -0.15) is 11.3 Å². The predicted octanol–water partition coefficient (Wildman–Crippen LogP) is 3.56. The molecular weight excluding hydrogens is 431 g/mol. The summed E-state index contributed by atoms with van der Waals surface area (Å²) in [5, 5.41) is 11.1. The summed E-state index contributed by atoms with van der Waals surface area (Å²) in [4.78, 5) is 6.78. The lowest BCUT2D eigenvalue weighted by Crippen LogP contribution is -2.39. The number of aliphatic imine (C=N–C) groups is 1. The molecule has 24 heavy (non-hydrogen) atoms. The summed E-state index contributed by atoms with van der Waals surface area (Å²) in [5.41, 5.74) is 2.63. The summed E-state index contributed by atoms with van der Waals surface area (Å²) in [7, 11) is 1.83. The van der Waals surface area contributed by atoms with E-state index in [1.807, 2.05) is 7.05 Å². The van der Waals surface area contributed by atoms with E-state index in [0.29, 0.717) is 5.92 Å². The first-order chi connectivity index (χ1) is 11.3. The summed E-state index contributed by atoms with van der Waals surface area (Å²) in [5.74, 6) is 1.55. The van der Waals surface area contributed by atoms with Crippen LogP contribution in [-0.4, -0.2) is 32.6 Å². The average Bonchev–Trinajstić information content (AvgIpc) is 3.27. The van der Waals surface area contributed by atoms with Gasteiger partial charge in [-0.3, -0.25) is 4.99 Å². The first-order valence-corrected chi connectivity index (χ1v) is 9.05. The van der Waals surface area contributed by atoms with Crippen LogP contribution < -0.4 is 15.5 Å². The van der Waals surface area contributed by atoms with Gasteiger partial charge in [0.2, 0.25) is 0 Å². The highest BCUT2D eigenvalue weighted by Crippen LogP contribution is 2.22. The lowest BCUT2D eigenvalue weighted by atomic mass is 10.1. The molecule has 6 heteroatoms. The Hall–Kier alpha value is -1.28. The lowest BCUT2D eigenvalue weighted by Gasteiger charge is -2.19. The minimum Gasteiger partial charge on any atom is -0.371 e. The number of thiophene rings is 1. The minimum atomic E-state index is 0. The summed E-state index contributed by atoms with van der Waals surface area (Å²) < 4.78 is 0. The van der Waals surface area contributed by atoms with Crippen molar-refractivity contribution in [1.82, 2.24) is 10.6 Å². The molecule has 1 aromatic heterocycles. The molecule has 1 saturated heterocycles. The van der Waals surface area contributed by atoms with E-state index in [0.717, 1.165) is 32.1 Å². The maximum absolute atomic E-state index is 4.31. The highest BCUT2D eigenvalue weighted by molar-refractivity contribution is 14.0. The number of nitrogens with one attached hydrogen (secondary N) is 2. The molecule has 1 aromatic carbocycles. The SMILES string of the molecule is CN=C(NCc1ccsc1)NCC1CCN(c2ccccc2)C1.I. The number of benzene rings is 1. The number of anilines is 1. The standard InChI is InChI=1S/C18H24N4S.HI/c1-19-18(21-12-16-8-10-23-14-16)20-11-15-7-9-22(13-15)17-5-3-2-4-6-17;/h2-6,8,10,14-15H,7,9,11-13H2,1H3,(H2,19,20,21);1H. The van der Waals surface area contributed by atoms with Gasteiger partial charge in [-0.15, -0.1) is 24.0 Å². The zero-order chi connectivity index (χ0) is 15.9. The summed E-state index contributed by atoms with van der Waals surface area (Å²) >= 11 is 1.72. The van der Waals surface area contributed by atoms with E-state index >= 15 is 0 Å². The maximum Gasteiger partial charge on any atom is 0.191 e. The van der Waals surface area contributed by atoms with Crippen LogP contribution in [0.3, 0.4) is 0 Å². The Kier molecular flexibility index (Phi) is 7.84. The molecule has 2 N–H and O–H groups in total. The maximum atomic E-state index is 4.31. The van der Waals surface area contributed by atoms with Crippen molar-refractivity contribution in [1.29, 1.82) is 0 Å². The Labute approximate surface area is 165 Å². The molecule has 3 rings (SSSR count). The van der Waals surface area contributed by atoms with Gasteiger partial charge in [0.05, 0.1) is 0 Å². The fourth-order valence-corrected chi connectivity index (χ4v) is 3.58. The molecule has 0 radical (unpaired) electrons. The summed E-state index contributed by atoms with van der Waals surface area (Å²) in [6, 6.07) is 12.8. The molecular formula is C18H25IN4S. The Balaban J connectivity index is 0.00000208. The van der Waals surface area contributed by atoms with Crippen molar-refractivity contribution < 1.29 is 0 Å². The van der Waals surface area contributed by atoms with Crippen molar-refractivity contribution in [3.8, 4) is 0 Å². The van der Waals surface area contributed by atoms with Gasteiger partial charge in [0.25, 0.3) is 0 Å². The van der Waals surface area contributed by atoms with Gasteiger partial charge < -0.3 is 15.5 Å². The third-order valence-electron chi connectivity index (χ3n) is 4.23. The van der Waals surface area contributed by atoms with Gasteiger partial charge in [-0.25, -0.2) is 0 Å². The molecule has 1 fully saturated rings. The predicted molar refractivity (Wildman–Crippen MR) is 115 cm³/mol. The fourth-order valence-electron chi connectivity index (χ4n) is 2.91. The van der Waals surface area contributed by atoms with Gasteiger partial charge in [-0.05, 0) is 46.9 Å². The number of hydrogen-bond donors (Lipinski definition) is 2. The van der Waals surface area contributed by atoms with Crippen LogP contribution in [0.4, 0.5) is 5.69 Å². The minimum absolute atomic E-state index is 0. The number of guanidine groups is 1. The highest BCUT2D eigenvalue weighted by Gasteiger charge is 2.22. The molecule has 2 aromatic rings. The van der Waals surface area contributed by atoms with Crippen LogP contribution in [0.5, 0.6) is 0 Å². The molecule has 130 valence electrons. The Morgan fingerprint density at radius 1 is 1.25 bits per heavy atom. The quantitative estimate of drug-likeness (QED) is 0.411. The molecule has 1 aliphatic rings. The van der Waals surface area contributed by atoms with Crippen LogP contribution >= 0.6 is 35.3 Å². The van der Waals surface area contributed by atoms with Crippen LogP contribution in [0.15, 0.2) is 52.2 Å². The zero-order valence-electron chi connectivity index (χ0n) is 13.9. The molecule has 2 heterocycles. The van der Waals surface area contributed by atoms with E-state index in [1.54, 1.807) is 11.3 Å². The van der Waals surface area contributed by atoms with Gasteiger partial charge in [0.15, 0.2) is 5.96 Å². The molecule has 1 atom stereocenters. The molecule has 4 nitrogen and oxygen atoms in total. The molecule has 0 bridgehead atoms. The lowest BCUT2D eigenvalue weighted by molar-refractivity contribution is 0.565. The van der Waals surface area contributed by atoms with Crippen molar-refractivity contribution in [3.63, 3.8) is 0 Å². The number of para-hydroxylation sites is 1. The zero-order valence-corrected chi connectivity index (χ0v) is 17.1. The molecule has 0 amide bonds. The van der Waals surface area contributed by atoms with Crippen molar-refractivity contribution in [2.24, 2.45) is 10.9 Å². The van der Waals surface area contributed by atoms with Gasteiger partial charge in [-0.1, -0.05) is 18.2 Å². The third kappa shape index (κ3) is 5.37. The second-order valence-electron chi connectivity index (χ2n) is 5.87. The van der Waals surface area contributed by atoms with Gasteiger partial charge in [0, 0.05) is 38.9 Å². The number of halogens is 1. The molecule has 0 saturated carbocycles. The van der Waals surface area contributed by atoms with Crippen molar-refractivity contribution in [2.75, 3.05) is 31.6 Å². The normalized spacial score (nSPS) is 17.5. The van der Waals surface area contributed by atoms with Crippen LogP contribution in [0.1, 0.15) is 12.0 Å². The summed E-state index contributed by atoms with van der Waals surface area (Å²) in [6.07, 6.45) is 1.23. The molecule has 0 aliphatic carbocycles. The van der Waals surface area contributed by atoms with Crippen LogP contribution in [0.2, 0.25) is 0 Å². The Morgan fingerprint density at radius 3 is 2.79 bits per heavy atom. The molecule has 1 unspecified atom stereocenters. The van der Waals surface area contributed by atoms with E-state index in [-0.39, 0.29) is 24.0 Å². The van der Waals surface area contributed by atoms with Crippen LogP contribution in [0.25, 0.3) is 0 Å². The van der Waals surface area contributed by atoms with E-state index in [1.165, 1.54) is 17.7 Å². The third-order valence-corrected chi connectivity index (χ3v) is 4.96. The van der Waals surface area contributed by atoms with E-state index in [9.17, 15) is 0 Å². The Bertz CT molecular complexity index is 615. The number of hydrogen-bond acceptors (Lipinski definition) is 3. The topological polar surface area (TPSA) is 39.7 Å². The van der Waals surface area contributed by atoms with E-state index < -0.39 is 0 Å². The van der Waals surface area contributed by atoms with Crippen molar-refractivity contribution in [3.05, 3.63) is 52.7 Å². The van der Waals surface area contributed by atoms with E-state index in [2.05, 4.69) is 67.7 Å². The summed E-state index contributed by atoms with van der Waals surface area (Å²) in [6.45, 7) is 4.03. The van der Waals surface area contributed by atoms with Gasteiger partial charge >= 0.3 is 0 Å². The van der Waals surface area contributed by atoms with Gasteiger partial charge in [0.1, 0.15) is 0 Å². The van der Waals surface area contributed by atoms with Crippen LogP contribution in [0, 0.1) is 5.92 Å². The second-order valence-corrected chi connectivity index (χ2v) is 6.65. The first-order valence-electron chi connectivity index (χ1n) is 8.11. The number of rotatable bonds is 5. The highest BCUT2D eigenvalue weighted by atomic mass is 127. The number of nitrogens with zero attached hydrogens (tertiary/aromatic N) is 2. The van der Waals surface area contributed by atoms with Crippen molar-refractivity contribution in [2.45, 2.75) is 13.0 Å². The first kappa shape index (κ1) is 19.1. The largest absolute Gasteiger partial charge is 0.371 e. The smallest absolute Gasteiger partial charge is 0.191 e. The van der Waals surface area contributed by atoms with Crippen LogP contribution in [-0.2, 0) is 6.54 Å². The Morgan fingerprint density at radius 2 is 2.08 bits per heavy atom. The molecule has 1 aliphatic heterocycles. The fraction of sp³-hybridized carbons (Fsp3) is 0.389.